The maximum absolute atomic E-state index is 12.9. The van der Waals surface area contributed by atoms with Gasteiger partial charge in [-0.3, -0.25) is 0 Å². The molecule has 7 heteroatoms. The van der Waals surface area contributed by atoms with E-state index in [4.69, 9.17) is 11.6 Å². The summed E-state index contributed by atoms with van der Waals surface area (Å²) in [7, 11) is 0. The van der Waals surface area contributed by atoms with E-state index in [2.05, 4.69) is 15.4 Å². The fourth-order valence-electron chi connectivity index (χ4n) is 2.11. The van der Waals surface area contributed by atoms with E-state index < -0.39 is 12.5 Å². The van der Waals surface area contributed by atoms with Crippen molar-refractivity contribution in [1.82, 2.24) is 14.8 Å². The van der Waals surface area contributed by atoms with E-state index in [1.54, 1.807) is 24.3 Å². The van der Waals surface area contributed by atoms with Crippen molar-refractivity contribution in [3.05, 3.63) is 29.3 Å². The maximum atomic E-state index is 12.9. The molecule has 0 bridgehead atoms. The number of hydrogen-bond acceptors (Lipinski definition) is 3. The fraction of sp³-hybridized carbons (Fsp3) is 0.333. The molecule has 0 saturated heterocycles. The molecule has 1 unspecified atom stereocenters. The molecule has 0 spiro atoms. The summed E-state index contributed by atoms with van der Waals surface area (Å²) in [5.74, 6) is 0.782. The molecule has 1 aromatic carbocycles. The van der Waals surface area contributed by atoms with Gasteiger partial charge in [0.2, 0.25) is 5.95 Å². The first kappa shape index (κ1) is 12.3. The largest absolute Gasteiger partial charge is 0.354 e. The molecule has 0 radical (unpaired) electrons. The van der Waals surface area contributed by atoms with Gasteiger partial charge in [0.25, 0.3) is 6.43 Å². The van der Waals surface area contributed by atoms with Gasteiger partial charge in [-0.15, -0.1) is 5.10 Å². The van der Waals surface area contributed by atoms with Gasteiger partial charge in [0.1, 0.15) is 6.04 Å². The van der Waals surface area contributed by atoms with E-state index in [9.17, 15) is 8.78 Å². The monoisotopic (exact) mass is 284 g/mol. The third-order valence-electron chi connectivity index (χ3n) is 3.04. The second kappa shape index (κ2) is 4.77. The normalized spacial score (nSPS) is 18.2. The molecule has 0 amide bonds. The SMILES string of the molecule is FC(F)C1CCNc2nc(-c3cccc(Cl)c3)nn21. The van der Waals surface area contributed by atoms with Gasteiger partial charge in [-0.2, -0.15) is 4.98 Å². The average molecular weight is 285 g/mol. The van der Waals surface area contributed by atoms with Crippen LogP contribution in [0.5, 0.6) is 0 Å². The molecule has 1 N–H and O–H groups in total. The van der Waals surface area contributed by atoms with E-state index in [1.807, 2.05) is 0 Å². The van der Waals surface area contributed by atoms with Gasteiger partial charge >= 0.3 is 0 Å². The molecule has 3 rings (SSSR count). The molecule has 2 heterocycles. The molecule has 1 aliphatic rings. The summed E-state index contributed by atoms with van der Waals surface area (Å²) in [5.41, 5.74) is 0.712. The summed E-state index contributed by atoms with van der Waals surface area (Å²) in [4.78, 5) is 4.24. The first-order valence-corrected chi connectivity index (χ1v) is 6.27. The molecule has 0 fully saturated rings. The Bertz CT molecular complexity index is 599. The summed E-state index contributed by atoms with van der Waals surface area (Å²) >= 11 is 5.90. The molecular weight excluding hydrogens is 274 g/mol. The number of rotatable bonds is 2. The summed E-state index contributed by atoms with van der Waals surface area (Å²) in [6.45, 7) is 0.475. The summed E-state index contributed by atoms with van der Waals surface area (Å²) in [6.07, 6.45) is -2.11. The first-order chi connectivity index (χ1) is 9.15. The van der Waals surface area contributed by atoms with Gasteiger partial charge in [-0.1, -0.05) is 23.7 Å². The number of nitrogens with one attached hydrogen (secondary N) is 1. The molecule has 0 saturated carbocycles. The molecule has 4 nitrogen and oxygen atoms in total. The molecule has 1 aliphatic heterocycles. The van der Waals surface area contributed by atoms with Crippen LogP contribution in [0.4, 0.5) is 14.7 Å². The lowest BCUT2D eigenvalue weighted by Gasteiger charge is -2.23. The van der Waals surface area contributed by atoms with Crippen LogP contribution in [0.2, 0.25) is 5.02 Å². The number of anilines is 1. The Kier molecular flexibility index (Phi) is 3.10. The predicted octanol–water partition coefficient (Wildman–Crippen LogP) is 3.22. The van der Waals surface area contributed by atoms with Crippen LogP contribution in [0.3, 0.4) is 0 Å². The predicted molar refractivity (Wildman–Crippen MR) is 68.6 cm³/mol. The van der Waals surface area contributed by atoms with Crippen LogP contribution in [0, 0.1) is 0 Å². The zero-order chi connectivity index (χ0) is 13.4. The van der Waals surface area contributed by atoms with Crippen molar-refractivity contribution in [2.75, 3.05) is 11.9 Å². The lowest BCUT2D eigenvalue weighted by Crippen LogP contribution is -2.28. The highest BCUT2D eigenvalue weighted by atomic mass is 35.5. The van der Waals surface area contributed by atoms with Gasteiger partial charge in [0.15, 0.2) is 5.82 Å². The fourth-order valence-corrected chi connectivity index (χ4v) is 2.30. The Morgan fingerprint density at radius 2 is 2.26 bits per heavy atom. The zero-order valence-electron chi connectivity index (χ0n) is 9.85. The van der Waals surface area contributed by atoms with Gasteiger partial charge < -0.3 is 5.32 Å². The number of alkyl halides is 2. The van der Waals surface area contributed by atoms with Crippen molar-refractivity contribution in [2.45, 2.75) is 18.9 Å². The Balaban J connectivity index is 2.02. The van der Waals surface area contributed by atoms with Crippen LogP contribution >= 0.6 is 11.6 Å². The lowest BCUT2D eigenvalue weighted by atomic mass is 10.2. The van der Waals surface area contributed by atoms with Crippen LogP contribution < -0.4 is 5.32 Å². The van der Waals surface area contributed by atoms with Crippen LogP contribution in [0.25, 0.3) is 11.4 Å². The van der Waals surface area contributed by atoms with Crippen molar-refractivity contribution >= 4 is 17.5 Å². The van der Waals surface area contributed by atoms with Gasteiger partial charge in [-0.05, 0) is 18.6 Å². The molecular formula is C12H11ClF2N4. The number of halogens is 3. The van der Waals surface area contributed by atoms with Gasteiger partial charge in [0, 0.05) is 17.1 Å². The second-order valence-corrected chi connectivity index (χ2v) is 4.77. The molecule has 19 heavy (non-hydrogen) atoms. The second-order valence-electron chi connectivity index (χ2n) is 4.33. The smallest absolute Gasteiger partial charge is 0.260 e. The van der Waals surface area contributed by atoms with E-state index in [0.717, 1.165) is 0 Å². The standard InChI is InChI=1S/C12H11ClF2N4/c13-8-3-1-2-7(6-8)11-17-12-16-5-4-9(10(14)15)19(12)18-11/h1-3,6,9-10H,4-5H2,(H,16,17,18). The van der Waals surface area contributed by atoms with Gasteiger partial charge in [-0.25, -0.2) is 13.5 Å². The quantitative estimate of drug-likeness (QED) is 0.921. The van der Waals surface area contributed by atoms with Crippen molar-refractivity contribution in [2.24, 2.45) is 0 Å². The number of fused-ring (bicyclic) bond motifs is 1. The van der Waals surface area contributed by atoms with E-state index in [1.165, 1.54) is 4.68 Å². The Morgan fingerprint density at radius 1 is 1.42 bits per heavy atom. The lowest BCUT2D eigenvalue weighted by molar-refractivity contribution is 0.0714. The van der Waals surface area contributed by atoms with E-state index in [-0.39, 0.29) is 0 Å². The van der Waals surface area contributed by atoms with Crippen molar-refractivity contribution in [3.63, 3.8) is 0 Å². The molecule has 100 valence electrons. The van der Waals surface area contributed by atoms with Gasteiger partial charge in [0.05, 0.1) is 0 Å². The first-order valence-electron chi connectivity index (χ1n) is 5.89. The third kappa shape index (κ3) is 2.28. The highest BCUT2D eigenvalue weighted by molar-refractivity contribution is 6.30. The number of benzene rings is 1. The number of nitrogens with zero attached hydrogens (tertiary/aromatic N) is 3. The highest BCUT2D eigenvalue weighted by Gasteiger charge is 2.30. The molecule has 0 aliphatic carbocycles. The van der Waals surface area contributed by atoms with Crippen molar-refractivity contribution in [3.8, 4) is 11.4 Å². The summed E-state index contributed by atoms with van der Waals surface area (Å²) in [6, 6.07) is 6.10. The minimum absolute atomic E-state index is 0.336. The Morgan fingerprint density at radius 3 is 3.00 bits per heavy atom. The van der Waals surface area contributed by atoms with Crippen LogP contribution in [-0.2, 0) is 0 Å². The number of aromatic nitrogens is 3. The molecule has 2 aromatic rings. The average Bonchev–Trinajstić information content (AvgIpc) is 2.82. The van der Waals surface area contributed by atoms with Crippen molar-refractivity contribution < 1.29 is 8.78 Å². The zero-order valence-corrected chi connectivity index (χ0v) is 10.6. The number of hydrogen-bond donors (Lipinski definition) is 1. The third-order valence-corrected chi connectivity index (χ3v) is 3.28. The summed E-state index contributed by atoms with van der Waals surface area (Å²) in [5, 5.41) is 7.70. The Hall–Kier alpha value is -1.69. The molecule has 1 aromatic heterocycles. The van der Waals surface area contributed by atoms with E-state index >= 15 is 0 Å². The van der Waals surface area contributed by atoms with Crippen LogP contribution in [-0.4, -0.2) is 27.7 Å². The maximum Gasteiger partial charge on any atom is 0.260 e. The Labute approximate surface area is 113 Å². The topological polar surface area (TPSA) is 42.7 Å². The minimum atomic E-state index is -2.45. The van der Waals surface area contributed by atoms with Crippen LogP contribution in [0.1, 0.15) is 12.5 Å². The van der Waals surface area contributed by atoms with E-state index in [0.29, 0.717) is 35.3 Å². The van der Waals surface area contributed by atoms with Crippen molar-refractivity contribution in [1.29, 1.82) is 0 Å². The van der Waals surface area contributed by atoms with Crippen LogP contribution in [0.15, 0.2) is 24.3 Å². The highest BCUT2D eigenvalue weighted by Crippen LogP contribution is 2.29. The minimum Gasteiger partial charge on any atom is -0.354 e. The molecule has 1 atom stereocenters. The summed E-state index contributed by atoms with van der Waals surface area (Å²) < 4.78 is 27.1.